The quantitative estimate of drug-likeness (QED) is 0.887. The average molecular weight is 278 g/mol. The van der Waals surface area contributed by atoms with Crippen molar-refractivity contribution in [1.82, 2.24) is 10.2 Å². The molecule has 0 saturated heterocycles. The molecule has 0 aromatic heterocycles. The summed E-state index contributed by atoms with van der Waals surface area (Å²) in [4.78, 5) is 2.39. The van der Waals surface area contributed by atoms with Gasteiger partial charge in [0.2, 0.25) is 0 Å². The molecule has 1 saturated carbocycles. The summed E-state index contributed by atoms with van der Waals surface area (Å²) >= 11 is 0. The Bertz CT molecular complexity index is 416. The molecule has 2 rings (SSSR count). The van der Waals surface area contributed by atoms with E-state index in [4.69, 9.17) is 0 Å². The molecular weight excluding hydrogens is 251 g/mol. The van der Waals surface area contributed by atoms with E-state index >= 15 is 0 Å². The predicted octanol–water partition coefficient (Wildman–Crippen LogP) is 3.43. The number of nitrogens with zero attached hydrogens (tertiary/aromatic N) is 1. The molecule has 0 radical (unpaired) electrons. The van der Waals surface area contributed by atoms with Gasteiger partial charge >= 0.3 is 0 Å². The first-order valence-corrected chi connectivity index (χ1v) is 7.64. The zero-order valence-corrected chi connectivity index (χ0v) is 13.0. The van der Waals surface area contributed by atoms with E-state index in [0.29, 0.717) is 0 Å². The van der Waals surface area contributed by atoms with Crippen molar-refractivity contribution < 1.29 is 4.39 Å². The van der Waals surface area contributed by atoms with Crippen molar-refractivity contribution in [3.8, 4) is 0 Å². The van der Waals surface area contributed by atoms with Gasteiger partial charge in [0, 0.05) is 18.6 Å². The number of nitrogens with one attached hydrogen (secondary N) is 1. The Morgan fingerprint density at radius 2 is 2.00 bits per heavy atom. The molecule has 20 heavy (non-hydrogen) atoms. The highest BCUT2D eigenvalue weighted by molar-refractivity contribution is 5.15. The summed E-state index contributed by atoms with van der Waals surface area (Å²) in [6, 6.07) is 6.77. The highest BCUT2D eigenvalue weighted by Gasteiger charge is 2.36. The van der Waals surface area contributed by atoms with Crippen LogP contribution in [0, 0.1) is 11.7 Å². The van der Waals surface area contributed by atoms with E-state index < -0.39 is 0 Å². The molecule has 2 nitrogen and oxygen atoms in total. The minimum absolute atomic E-state index is 0.167. The first-order chi connectivity index (χ1) is 9.52. The molecule has 112 valence electrons. The van der Waals surface area contributed by atoms with Crippen LogP contribution in [-0.2, 0) is 6.54 Å². The summed E-state index contributed by atoms with van der Waals surface area (Å²) in [6.45, 7) is 4.17. The van der Waals surface area contributed by atoms with Crippen LogP contribution in [0.4, 0.5) is 4.39 Å². The first kappa shape index (κ1) is 15.5. The molecule has 0 amide bonds. The number of likely N-dealkylation sites (N-methyl/N-ethyl adjacent to an activating group) is 1. The Morgan fingerprint density at radius 1 is 1.30 bits per heavy atom. The molecule has 2 unspecified atom stereocenters. The zero-order valence-electron chi connectivity index (χ0n) is 13.0. The molecule has 0 bridgehead atoms. The SMILES string of the molecule is CC1CCCC(CNCc2ccc(F)cc2)(N(C)C)C1. The minimum Gasteiger partial charge on any atom is -0.311 e. The van der Waals surface area contributed by atoms with E-state index in [0.717, 1.165) is 24.6 Å². The molecule has 0 heterocycles. The van der Waals surface area contributed by atoms with Gasteiger partial charge in [-0.1, -0.05) is 31.9 Å². The smallest absolute Gasteiger partial charge is 0.123 e. The number of benzene rings is 1. The van der Waals surface area contributed by atoms with Crippen molar-refractivity contribution in [3.63, 3.8) is 0 Å². The minimum atomic E-state index is -0.167. The summed E-state index contributed by atoms with van der Waals surface area (Å²) in [5.74, 6) is 0.637. The maximum absolute atomic E-state index is 12.9. The fourth-order valence-electron chi connectivity index (χ4n) is 3.40. The third kappa shape index (κ3) is 3.80. The van der Waals surface area contributed by atoms with Crippen LogP contribution in [0.2, 0.25) is 0 Å². The van der Waals surface area contributed by atoms with E-state index in [1.165, 1.54) is 37.8 Å². The van der Waals surface area contributed by atoms with Gasteiger partial charge < -0.3 is 10.2 Å². The van der Waals surface area contributed by atoms with E-state index in [1.807, 2.05) is 12.1 Å². The molecule has 1 aromatic rings. The van der Waals surface area contributed by atoms with E-state index in [2.05, 4.69) is 31.2 Å². The van der Waals surface area contributed by atoms with Crippen molar-refractivity contribution in [3.05, 3.63) is 35.6 Å². The second-order valence-electron chi connectivity index (χ2n) is 6.55. The van der Waals surface area contributed by atoms with Crippen molar-refractivity contribution in [2.24, 2.45) is 5.92 Å². The van der Waals surface area contributed by atoms with Crippen LogP contribution in [0.3, 0.4) is 0 Å². The molecule has 1 aromatic carbocycles. The number of hydrogen-bond acceptors (Lipinski definition) is 2. The molecule has 1 N–H and O–H groups in total. The standard InChI is InChI=1S/C17H27FN2/c1-14-5-4-10-17(11-14,20(2)3)13-19-12-15-6-8-16(18)9-7-15/h6-9,14,19H,4-5,10-13H2,1-3H3. The number of hydrogen-bond donors (Lipinski definition) is 1. The summed E-state index contributed by atoms with van der Waals surface area (Å²) < 4.78 is 12.9. The first-order valence-electron chi connectivity index (χ1n) is 7.64. The van der Waals surface area contributed by atoms with Gasteiger partial charge in [-0.15, -0.1) is 0 Å². The molecule has 0 spiro atoms. The Labute approximate surface area is 122 Å². The third-order valence-corrected chi connectivity index (χ3v) is 4.71. The van der Waals surface area contributed by atoms with Crippen LogP contribution >= 0.6 is 0 Å². The largest absolute Gasteiger partial charge is 0.311 e. The van der Waals surface area contributed by atoms with Crippen LogP contribution in [0.1, 0.15) is 38.2 Å². The Balaban J connectivity index is 1.91. The Morgan fingerprint density at radius 3 is 2.60 bits per heavy atom. The fraction of sp³-hybridized carbons (Fsp3) is 0.647. The Kier molecular flexibility index (Phi) is 5.17. The molecule has 1 fully saturated rings. The van der Waals surface area contributed by atoms with Gasteiger partial charge in [-0.05, 0) is 50.6 Å². The van der Waals surface area contributed by atoms with Gasteiger partial charge in [-0.25, -0.2) is 4.39 Å². The lowest BCUT2D eigenvalue weighted by atomic mass is 9.75. The van der Waals surface area contributed by atoms with Gasteiger partial charge in [-0.2, -0.15) is 0 Å². The van der Waals surface area contributed by atoms with Crippen LogP contribution in [0.5, 0.6) is 0 Å². The van der Waals surface area contributed by atoms with Gasteiger partial charge in [-0.3, -0.25) is 0 Å². The van der Waals surface area contributed by atoms with Crippen molar-refractivity contribution in [1.29, 1.82) is 0 Å². The monoisotopic (exact) mass is 278 g/mol. The highest BCUT2D eigenvalue weighted by Crippen LogP contribution is 2.35. The van der Waals surface area contributed by atoms with Crippen LogP contribution in [0.25, 0.3) is 0 Å². The molecule has 2 atom stereocenters. The van der Waals surface area contributed by atoms with Crippen LogP contribution < -0.4 is 5.32 Å². The normalized spacial score (nSPS) is 26.9. The van der Waals surface area contributed by atoms with E-state index in [-0.39, 0.29) is 11.4 Å². The lowest BCUT2D eigenvalue weighted by molar-refractivity contribution is 0.0749. The lowest BCUT2D eigenvalue weighted by Gasteiger charge is -2.45. The maximum Gasteiger partial charge on any atom is 0.123 e. The maximum atomic E-state index is 12.9. The molecule has 1 aliphatic carbocycles. The van der Waals surface area contributed by atoms with Gasteiger partial charge in [0.1, 0.15) is 5.82 Å². The topological polar surface area (TPSA) is 15.3 Å². The predicted molar refractivity (Wildman–Crippen MR) is 82.2 cm³/mol. The number of rotatable bonds is 5. The summed E-state index contributed by atoms with van der Waals surface area (Å²) in [6.07, 6.45) is 5.20. The summed E-state index contributed by atoms with van der Waals surface area (Å²) in [5, 5.41) is 3.57. The molecule has 1 aliphatic rings. The van der Waals surface area contributed by atoms with Crippen molar-refractivity contribution in [2.75, 3.05) is 20.6 Å². The fourth-order valence-corrected chi connectivity index (χ4v) is 3.40. The molecular formula is C17H27FN2. The van der Waals surface area contributed by atoms with Gasteiger partial charge in [0.05, 0.1) is 0 Å². The zero-order chi connectivity index (χ0) is 14.6. The third-order valence-electron chi connectivity index (χ3n) is 4.71. The van der Waals surface area contributed by atoms with Crippen molar-refractivity contribution in [2.45, 2.75) is 44.7 Å². The highest BCUT2D eigenvalue weighted by atomic mass is 19.1. The molecule has 0 aliphatic heterocycles. The summed E-state index contributed by atoms with van der Waals surface area (Å²) in [5.41, 5.74) is 1.42. The van der Waals surface area contributed by atoms with E-state index in [1.54, 1.807) is 0 Å². The van der Waals surface area contributed by atoms with Crippen LogP contribution in [-0.4, -0.2) is 31.1 Å². The Hall–Kier alpha value is -0.930. The second-order valence-corrected chi connectivity index (χ2v) is 6.55. The van der Waals surface area contributed by atoms with Crippen LogP contribution in [0.15, 0.2) is 24.3 Å². The summed E-state index contributed by atoms with van der Waals surface area (Å²) in [7, 11) is 4.38. The van der Waals surface area contributed by atoms with Crippen molar-refractivity contribution >= 4 is 0 Å². The van der Waals surface area contributed by atoms with Gasteiger partial charge in [0.25, 0.3) is 0 Å². The average Bonchev–Trinajstić information content (AvgIpc) is 2.41. The second kappa shape index (κ2) is 6.68. The van der Waals surface area contributed by atoms with Gasteiger partial charge in [0.15, 0.2) is 0 Å². The lowest BCUT2D eigenvalue weighted by Crippen LogP contribution is -2.54. The number of halogens is 1. The molecule has 3 heteroatoms. The van der Waals surface area contributed by atoms with E-state index in [9.17, 15) is 4.39 Å².